The smallest absolute Gasteiger partial charge is 0.0991 e. The van der Waals surface area contributed by atoms with Crippen LogP contribution in [0.1, 0.15) is 36.9 Å². The molecular weight excluding hydrogens is 160 g/mol. The number of hydrogen-bond donors (Lipinski definition) is 1. The first kappa shape index (κ1) is 9.76. The van der Waals surface area contributed by atoms with Crippen molar-refractivity contribution in [3.8, 4) is 6.07 Å². The molecule has 0 saturated heterocycles. The van der Waals surface area contributed by atoms with Crippen LogP contribution in [0.3, 0.4) is 0 Å². The van der Waals surface area contributed by atoms with Crippen LogP contribution >= 0.6 is 0 Å². The third-order valence-electron chi connectivity index (χ3n) is 2.07. The number of hydrogen-bond acceptors (Lipinski definition) is 2. The van der Waals surface area contributed by atoms with Crippen LogP contribution in [0.25, 0.3) is 0 Å². The zero-order chi connectivity index (χ0) is 9.68. The van der Waals surface area contributed by atoms with E-state index in [0.717, 1.165) is 18.4 Å². The lowest BCUT2D eigenvalue weighted by Gasteiger charge is -2.09. The van der Waals surface area contributed by atoms with E-state index in [0.29, 0.717) is 5.56 Å². The minimum atomic E-state index is 0.109. The van der Waals surface area contributed by atoms with Crippen LogP contribution in [0, 0.1) is 11.3 Å². The average molecular weight is 174 g/mol. The molecule has 0 aliphatic heterocycles. The molecule has 1 rings (SSSR count). The van der Waals surface area contributed by atoms with Crippen LogP contribution in [-0.4, -0.2) is 0 Å². The van der Waals surface area contributed by atoms with Crippen molar-refractivity contribution in [3.63, 3.8) is 0 Å². The summed E-state index contributed by atoms with van der Waals surface area (Å²) >= 11 is 0. The minimum Gasteiger partial charge on any atom is -0.324 e. The summed E-state index contributed by atoms with van der Waals surface area (Å²) in [5.74, 6) is 0. The molecule has 0 aliphatic carbocycles. The van der Waals surface area contributed by atoms with Crippen molar-refractivity contribution in [3.05, 3.63) is 35.4 Å². The van der Waals surface area contributed by atoms with Gasteiger partial charge in [0.2, 0.25) is 0 Å². The van der Waals surface area contributed by atoms with Gasteiger partial charge in [-0.05, 0) is 24.1 Å². The molecule has 0 radical (unpaired) electrons. The van der Waals surface area contributed by atoms with Crippen LogP contribution in [0.5, 0.6) is 0 Å². The van der Waals surface area contributed by atoms with Gasteiger partial charge in [-0.2, -0.15) is 5.26 Å². The normalized spacial score (nSPS) is 12.1. The second kappa shape index (κ2) is 4.64. The lowest BCUT2D eigenvalue weighted by molar-refractivity contribution is 0.638. The lowest BCUT2D eigenvalue weighted by atomic mass is 10.0. The SMILES string of the molecule is CCC[C@H](N)c1ccc(C#N)cc1. The molecule has 13 heavy (non-hydrogen) atoms. The Kier molecular flexibility index (Phi) is 3.48. The second-order valence-electron chi connectivity index (χ2n) is 3.13. The van der Waals surface area contributed by atoms with Gasteiger partial charge in [0.25, 0.3) is 0 Å². The van der Waals surface area contributed by atoms with Gasteiger partial charge in [-0.25, -0.2) is 0 Å². The molecule has 0 aromatic heterocycles. The fraction of sp³-hybridized carbons (Fsp3) is 0.364. The predicted molar refractivity (Wildman–Crippen MR) is 53.0 cm³/mol. The maximum Gasteiger partial charge on any atom is 0.0991 e. The van der Waals surface area contributed by atoms with Gasteiger partial charge in [-0.3, -0.25) is 0 Å². The molecule has 2 heteroatoms. The Morgan fingerprint density at radius 2 is 2.00 bits per heavy atom. The van der Waals surface area contributed by atoms with Gasteiger partial charge >= 0.3 is 0 Å². The van der Waals surface area contributed by atoms with E-state index in [1.165, 1.54) is 0 Å². The zero-order valence-corrected chi connectivity index (χ0v) is 7.83. The van der Waals surface area contributed by atoms with Crippen LogP contribution in [-0.2, 0) is 0 Å². The molecule has 1 aromatic rings. The van der Waals surface area contributed by atoms with E-state index in [-0.39, 0.29) is 6.04 Å². The first-order valence-electron chi connectivity index (χ1n) is 4.53. The van der Waals surface area contributed by atoms with Crippen molar-refractivity contribution in [2.75, 3.05) is 0 Å². The molecule has 0 amide bonds. The maximum atomic E-state index is 8.59. The second-order valence-corrected chi connectivity index (χ2v) is 3.13. The Morgan fingerprint density at radius 3 is 2.46 bits per heavy atom. The summed E-state index contributed by atoms with van der Waals surface area (Å²) in [5, 5.41) is 8.59. The van der Waals surface area contributed by atoms with E-state index < -0.39 is 0 Å². The maximum absolute atomic E-state index is 8.59. The van der Waals surface area contributed by atoms with E-state index in [9.17, 15) is 0 Å². The third kappa shape index (κ3) is 2.57. The highest BCUT2D eigenvalue weighted by Crippen LogP contribution is 2.15. The first-order valence-corrected chi connectivity index (χ1v) is 4.53. The molecule has 0 saturated carbocycles. The van der Waals surface area contributed by atoms with Crippen LogP contribution in [0.4, 0.5) is 0 Å². The van der Waals surface area contributed by atoms with E-state index in [1.54, 1.807) is 0 Å². The lowest BCUT2D eigenvalue weighted by Crippen LogP contribution is -2.09. The Bertz CT molecular complexity index is 295. The first-order chi connectivity index (χ1) is 6.27. The van der Waals surface area contributed by atoms with E-state index in [4.69, 9.17) is 11.0 Å². The van der Waals surface area contributed by atoms with E-state index >= 15 is 0 Å². The molecular formula is C11H14N2. The standard InChI is InChI=1S/C11H14N2/c1-2-3-11(13)10-6-4-9(8-12)5-7-10/h4-7,11H,2-3,13H2,1H3/t11-/m0/s1. The van der Waals surface area contributed by atoms with Crippen molar-refractivity contribution in [2.45, 2.75) is 25.8 Å². The van der Waals surface area contributed by atoms with Gasteiger partial charge in [0, 0.05) is 6.04 Å². The summed E-state index contributed by atoms with van der Waals surface area (Å²) in [7, 11) is 0. The Morgan fingerprint density at radius 1 is 1.38 bits per heavy atom. The van der Waals surface area contributed by atoms with Crippen molar-refractivity contribution in [1.29, 1.82) is 5.26 Å². The van der Waals surface area contributed by atoms with Crippen molar-refractivity contribution in [1.82, 2.24) is 0 Å². The van der Waals surface area contributed by atoms with Gasteiger partial charge in [0.1, 0.15) is 0 Å². The molecule has 2 N–H and O–H groups in total. The van der Waals surface area contributed by atoms with Crippen LogP contribution in [0.15, 0.2) is 24.3 Å². The molecule has 0 spiro atoms. The number of nitrogens with two attached hydrogens (primary N) is 1. The van der Waals surface area contributed by atoms with Gasteiger partial charge in [0.15, 0.2) is 0 Å². The molecule has 1 atom stereocenters. The molecule has 1 aromatic carbocycles. The Labute approximate surface area is 79.0 Å². The minimum absolute atomic E-state index is 0.109. The monoisotopic (exact) mass is 174 g/mol. The quantitative estimate of drug-likeness (QED) is 0.764. The third-order valence-corrected chi connectivity index (χ3v) is 2.07. The summed E-state index contributed by atoms with van der Waals surface area (Å²) in [6.45, 7) is 2.11. The summed E-state index contributed by atoms with van der Waals surface area (Å²) in [4.78, 5) is 0. The predicted octanol–water partition coefficient (Wildman–Crippen LogP) is 2.36. The molecule has 0 unspecified atom stereocenters. The highest BCUT2D eigenvalue weighted by Gasteiger charge is 2.03. The number of nitrogens with zero attached hydrogens (tertiary/aromatic N) is 1. The van der Waals surface area contributed by atoms with Gasteiger partial charge < -0.3 is 5.73 Å². The highest BCUT2D eigenvalue weighted by atomic mass is 14.6. The summed E-state index contributed by atoms with van der Waals surface area (Å²) < 4.78 is 0. The number of benzene rings is 1. The van der Waals surface area contributed by atoms with Gasteiger partial charge in [-0.1, -0.05) is 25.5 Å². The van der Waals surface area contributed by atoms with Crippen molar-refractivity contribution in [2.24, 2.45) is 5.73 Å². The van der Waals surface area contributed by atoms with E-state index in [2.05, 4.69) is 13.0 Å². The van der Waals surface area contributed by atoms with Gasteiger partial charge in [-0.15, -0.1) is 0 Å². The average Bonchev–Trinajstić information content (AvgIpc) is 2.18. The van der Waals surface area contributed by atoms with Crippen molar-refractivity contribution < 1.29 is 0 Å². The zero-order valence-electron chi connectivity index (χ0n) is 7.83. The van der Waals surface area contributed by atoms with Gasteiger partial charge in [0.05, 0.1) is 11.6 Å². The topological polar surface area (TPSA) is 49.8 Å². The molecule has 2 nitrogen and oxygen atoms in total. The summed E-state index contributed by atoms with van der Waals surface area (Å²) in [5.41, 5.74) is 7.71. The highest BCUT2D eigenvalue weighted by molar-refractivity contribution is 5.32. The van der Waals surface area contributed by atoms with Crippen LogP contribution in [0.2, 0.25) is 0 Å². The Hall–Kier alpha value is -1.33. The molecule has 0 bridgehead atoms. The summed E-state index contributed by atoms with van der Waals surface area (Å²) in [6, 6.07) is 9.67. The number of nitriles is 1. The fourth-order valence-corrected chi connectivity index (χ4v) is 1.28. The molecule has 0 fully saturated rings. The summed E-state index contributed by atoms with van der Waals surface area (Å²) in [6.07, 6.45) is 2.08. The van der Waals surface area contributed by atoms with Crippen molar-refractivity contribution >= 4 is 0 Å². The van der Waals surface area contributed by atoms with Crippen LogP contribution < -0.4 is 5.73 Å². The molecule has 0 aliphatic rings. The fourth-order valence-electron chi connectivity index (χ4n) is 1.28. The number of rotatable bonds is 3. The Balaban J connectivity index is 2.75. The van der Waals surface area contributed by atoms with E-state index in [1.807, 2.05) is 24.3 Å². The largest absolute Gasteiger partial charge is 0.324 e. The molecule has 68 valence electrons. The molecule has 0 heterocycles.